The standard InChI is InChI=1S/C14H19N3OS/c1-10(2)17-9-11(8-16-17)18-13-5-4-6-14(19-3)12(13)7-15/h4-6,8-10H,7,15H2,1-3H3. The van der Waals surface area contributed by atoms with E-state index in [0.717, 1.165) is 22.0 Å². The Morgan fingerprint density at radius 3 is 2.79 bits per heavy atom. The maximum absolute atomic E-state index is 5.90. The maximum Gasteiger partial charge on any atom is 0.165 e. The lowest BCUT2D eigenvalue weighted by atomic mass is 10.2. The van der Waals surface area contributed by atoms with Gasteiger partial charge in [-0.15, -0.1) is 11.8 Å². The molecule has 0 amide bonds. The Morgan fingerprint density at radius 2 is 2.21 bits per heavy atom. The second-order valence-electron chi connectivity index (χ2n) is 4.49. The summed E-state index contributed by atoms with van der Waals surface area (Å²) in [5, 5.41) is 4.27. The quantitative estimate of drug-likeness (QED) is 0.851. The summed E-state index contributed by atoms with van der Waals surface area (Å²) in [6.07, 6.45) is 5.66. The average Bonchev–Trinajstić information content (AvgIpc) is 2.87. The lowest BCUT2D eigenvalue weighted by molar-refractivity contribution is 0.469. The third-order valence-electron chi connectivity index (χ3n) is 2.85. The van der Waals surface area contributed by atoms with Crippen molar-refractivity contribution in [1.29, 1.82) is 0 Å². The van der Waals surface area contributed by atoms with Gasteiger partial charge in [0.1, 0.15) is 5.75 Å². The first-order valence-electron chi connectivity index (χ1n) is 6.23. The first-order chi connectivity index (χ1) is 9.15. The molecule has 19 heavy (non-hydrogen) atoms. The minimum atomic E-state index is 0.323. The molecule has 2 rings (SSSR count). The van der Waals surface area contributed by atoms with E-state index in [-0.39, 0.29) is 0 Å². The van der Waals surface area contributed by atoms with E-state index in [1.807, 2.05) is 29.3 Å². The summed E-state index contributed by atoms with van der Waals surface area (Å²) in [6, 6.07) is 6.29. The molecule has 0 aliphatic heterocycles. The van der Waals surface area contributed by atoms with Gasteiger partial charge in [0.2, 0.25) is 0 Å². The van der Waals surface area contributed by atoms with Gasteiger partial charge in [0.05, 0.1) is 12.4 Å². The second-order valence-corrected chi connectivity index (χ2v) is 5.34. The summed E-state index contributed by atoms with van der Waals surface area (Å²) in [7, 11) is 0. The van der Waals surface area contributed by atoms with Crippen molar-refractivity contribution < 1.29 is 4.74 Å². The van der Waals surface area contributed by atoms with E-state index in [1.54, 1.807) is 18.0 Å². The molecular weight excluding hydrogens is 258 g/mol. The molecule has 102 valence electrons. The topological polar surface area (TPSA) is 53.1 Å². The van der Waals surface area contributed by atoms with Crippen molar-refractivity contribution in [3.05, 3.63) is 36.2 Å². The molecular formula is C14H19N3OS. The van der Waals surface area contributed by atoms with Crippen LogP contribution < -0.4 is 10.5 Å². The molecule has 1 aromatic heterocycles. The Hall–Kier alpha value is -1.46. The van der Waals surface area contributed by atoms with E-state index in [1.165, 1.54) is 0 Å². The number of nitrogens with two attached hydrogens (primary N) is 1. The Balaban J connectivity index is 2.27. The van der Waals surface area contributed by atoms with E-state index >= 15 is 0 Å². The summed E-state index contributed by atoms with van der Waals surface area (Å²) < 4.78 is 7.77. The van der Waals surface area contributed by atoms with E-state index in [0.29, 0.717) is 12.6 Å². The fourth-order valence-electron chi connectivity index (χ4n) is 1.82. The smallest absolute Gasteiger partial charge is 0.165 e. The minimum Gasteiger partial charge on any atom is -0.454 e. The van der Waals surface area contributed by atoms with Gasteiger partial charge in [-0.2, -0.15) is 5.10 Å². The predicted octanol–water partition coefficient (Wildman–Crippen LogP) is 3.44. The van der Waals surface area contributed by atoms with Gasteiger partial charge in [0, 0.05) is 23.0 Å². The van der Waals surface area contributed by atoms with E-state index in [2.05, 4.69) is 25.0 Å². The molecule has 0 fully saturated rings. The second kappa shape index (κ2) is 6.12. The molecule has 2 N–H and O–H groups in total. The van der Waals surface area contributed by atoms with Crippen LogP contribution in [-0.2, 0) is 6.54 Å². The molecule has 0 unspecified atom stereocenters. The first kappa shape index (κ1) is 14.0. The molecule has 0 saturated heterocycles. The number of rotatable bonds is 5. The van der Waals surface area contributed by atoms with Gasteiger partial charge in [-0.25, -0.2) is 0 Å². The van der Waals surface area contributed by atoms with Crippen LogP contribution in [0.15, 0.2) is 35.5 Å². The number of thioether (sulfide) groups is 1. The summed E-state index contributed by atoms with van der Waals surface area (Å²) in [5.41, 5.74) is 6.85. The van der Waals surface area contributed by atoms with E-state index in [9.17, 15) is 0 Å². The molecule has 0 radical (unpaired) electrons. The van der Waals surface area contributed by atoms with Crippen LogP contribution in [0, 0.1) is 0 Å². The number of benzene rings is 1. The zero-order valence-electron chi connectivity index (χ0n) is 11.5. The summed E-state index contributed by atoms with van der Waals surface area (Å²) >= 11 is 1.67. The molecule has 2 aromatic rings. The van der Waals surface area contributed by atoms with E-state index in [4.69, 9.17) is 10.5 Å². The number of nitrogens with zero attached hydrogens (tertiary/aromatic N) is 2. The van der Waals surface area contributed by atoms with Crippen LogP contribution in [0.5, 0.6) is 11.5 Å². The van der Waals surface area contributed by atoms with Crippen molar-refractivity contribution in [2.75, 3.05) is 6.26 Å². The molecule has 5 heteroatoms. The van der Waals surface area contributed by atoms with Crippen molar-refractivity contribution >= 4 is 11.8 Å². The SMILES string of the molecule is CSc1cccc(Oc2cnn(C(C)C)c2)c1CN. The van der Waals surface area contributed by atoms with Crippen molar-refractivity contribution in [2.24, 2.45) is 5.73 Å². The zero-order chi connectivity index (χ0) is 13.8. The summed E-state index contributed by atoms with van der Waals surface area (Å²) in [6.45, 7) is 4.62. The molecule has 0 saturated carbocycles. The zero-order valence-corrected chi connectivity index (χ0v) is 12.3. The maximum atomic E-state index is 5.90. The minimum absolute atomic E-state index is 0.323. The molecule has 0 atom stereocenters. The van der Waals surface area contributed by atoms with Crippen molar-refractivity contribution in [1.82, 2.24) is 9.78 Å². The third-order valence-corrected chi connectivity index (χ3v) is 3.67. The van der Waals surface area contributed by atoms with Crippen LogP contribution in [0.1, 0.15) is 25.5 Å². The van der Waals surface area contributed by atoms with Crippen LogP contribution in [0.2, 0.25) is 0 Å². The normalized spacial score (nSPS) is 11.0. The Bertz CT molecular complexity index is 551. The highest BCUT2D eigenvalue weighted by Gasteiger charge is 2.10. The number of aromatic nitrogens is 2. The lowest BCUT2D eigenvalue weighted by Crippen LogP contribution is -2.01. The Labute approximate surface area is 117 Å². The van der Waals surface area contributed by atoms with Crippen LogP contribution in [0.3, 0.4) is 0 Å². The summed E-state index contributed by atoms with van der Waals surface area (Å²) in [5.74, 6) is 1.54. The van der Waals surface area contributed by atoms with Crippen molar-refractivity contribution in [2.45, 2.75) is 31.3 Å². The van der Waals surface area contributed by atoms with Crippen LogP contribution >= 0.6 is 11.8 Å². The molecule has 1 heterocycles. The number of hydrogen-bond donors (Lipinski definition) is 1. The summed E-state index contributed by atoms with van der Waals surface area (Å²) in [4.78, 5) is 1.15. The van der Waals surface area contributed by atoms with Gasteiger partial charge in [-0.1, -0.05) is 6.07 Å². The number of hydrogen-bond acceptors (Lipinski definition) is 4. The fraction of sp³-hybridized carbons (Fsp3) is 0.357. The van der Waals surface area contributed by atoms with Crippen LogP contribution in [0.4, 0.5) is 0 Å². The molecule has 0 aliphatic rings. The highest BCUT2D eigenvalue weighted by atomic mass is 32.2. The van der Waals surface area contributed by atoms with Gasteiger partial charge in [-0.3, -0.25) is 4.68 Å². The van der Waals surface area contributed by atoms with Gasteiger partial charge >= 0.3 is 0 Å². The third kappa shape index (κ3) is 3.11. The van der Waals surface area contributed by atoms with Crippen molar-refractivity contribution in [3.63, 3.8) is 0 Å². The molecule has 0 aliphatic carbocycles. The van der Waals surface area contributed by atoms with Crippen LogP contribution in [0.25, 0.3) is 0 Å². The van der Waals surface area contributed by atoms with Gasteiger partial charge in [0.25, 0.3) is 0 Å². The predicted molar refractivity (Wildman–Crippen MR) is 78.8 cm³/mol. The Morgan fingerprint density at radius 1 is 1.42 bits per heavy atom. The van der Waals surface area contributed by atoms with Crippen LogP contribution in [-0.4, -0.2) is 16.0 Å². The lowest BCUT2D eigenvalue weighted by Gasteiger charge is -2.11. The molecule has 0 spiro atoms. The van der Waals surface area contributed by atoms with Gasteiger partial charge in [-0.05, 0) is 32.2 Å². The molecule has 0 bridgehead atoms. The average molecular weight is 277 g/mol. The van der Waals surface area contributed by atoms with E-state index < -0.39 is 0 Å². The highest BCUT2D eigenvalue weighted by Crippen LogP contribution is 2.31. The largest absolute Gasteiger partial charge is 0.454 e. The highest BCUT2D eigenvalue weighted by molar-refractivity contribution is 7.98. The van der Waals surface area contributed by atoms with Crippen molar-refractivity contribution in [3.8, 4) is 11.5 Å². The van der Waals surface area contributed by atoms with Gasteiger partial charge < -0.3 is 10.5 Å². The first-order valence-corrected chi connectivity index (χ1v) is 7.46. The number of ether oxygens (including phenoxy) is 1. The Kier molecular flexibility index (Phi) is 4.50. The molecule has 1 aromatic carbocycles. The van der Waals surface area contributed by atoms with Gasteiger partial charge in [0.15, 0.2) is 5.75 Å². The fourth-order valence-corrected chi connectivity index (χ4v) is 2.46. The monoisotopic (exact) mass is 277 g/mol. The molecule has 4 nitrogen and oxygen atoms in total.